The summed E-state index contributed by atoms with van der Waals surface area (Å²) in [7, 11) is 0. The second kappa shape index (κ2) is 6.69. The first-order valence-corrected chi connectivity index (χ1v) is 6.33. The topological polar surface area (TPSA) is 29.1 Å². The largest absolute Gasteiger partial charge is 0.352 e. The third kappa shape index (κ3) is 4.42. The van der Waals surface area contributed by atoms with Gasteiger partial charge in [-0.15, -0.1) is 0 Å². The van der Waals surface area contributed by atoms with E-state index < -0.39 is 17.5 Å². The van der Waals surface area contributed by atoms with Gasteiger partial charge in [0.05, 0.1) is 5.56 Å². The van der Waals surface area contributed by atoms with Crippen LogP contribution in [0.2, 0.25) is 0 Å². The minimum absolute atomic E-state index is 0.257. The fraction of sp³-hybridized carbons (Fsp3) is 0.417. The van der Waals surface area contributed by atoms with E-state index >= 15 is 0 Å². The fourth-order valence-electron chi connectivity index (χ4n) is 1.31. The van der Waals surface area contributed by atoms with Gasteiger partial charge in [-0.3, -0.25) is 4.79 Å². The zero-order valence-corrected chi connectivity index (χ0v) is 11.1. The summed E-state index contributed by atoms with van der Waals surface area (Å²) in [4.78, 5) is 11.9. The van der Waals surface area contributed by atoms with Gasteiger partial charge >= 0.3 is 0 Å². The van der Waals surface area contributed by atoms with Crippen LogP contribution in [0.1, 0.15) is 30.1 Å². The van der Waals surface area contributed by atoms with E-state index in [1.165, 1.54) is 0 Å². The summed E-state index contributed by atoms with van der Waals surface area (Å²) in [5, 5.41) is 2.56. The predicted octanol–water partition coefficient (Wildman–Crippen LogP) is 3.26. The van der Waals surface area contributed by atoms with Crippen LogP contribution in [0.15, 0.2) is 18.2 Å². The summed E-state index contributed by atoms with van der Waals surface area (Å²) in [6, 6.07) is 2.83. The van der Waals surface area contributed by atoms with Gasteiger partial charge in [0.15, 0.2) is 0 Å². The van der Waals surface area contributed by atoms with Gasteiger partial charge in [0.25, 0.3) is 5.91 Å². The molecule has 0 heterocycles. The number of amides is 1. The molecule has 2 nitrogen and oxygen atoms in total. The third-order valence-electron chi connectivity index (χ3n) is 2.36. The van der Waals surface area contributed by atoms with E-state index in [0.717, 1.165) is 31.0 Å². The van der Waals surface area contributed by atoms with Gasteiger partial charge < -0.3 is 5.32 Å². The Hall–Kier alpha value is -0.970. The summed E-state index contributed by atoms with van der Waals surface area (Å²) in [5.41, 5.74) is -0.257. The molecule has 1 rings (SSSR count). The Bertz CT molecular complexity index is 398. The molecule has 1 unspecified atom stereocenters. The Balaban J connectivity index is 2.55. The van der Waals surface area contributed by atoms with Crippen molar-refractivity contribution < 1.29 is 13.6 Å². The monoisotopic (exact) mass is 305 g/mol. The molecule has 0 bridgehead atoms. The highest BCUT2D eigenvalue weighted by atomic mass is 79.9. The van der Waals surface area contributed by atoms with E-state index in [1.807, 2.05) is 6.92 Å². The highest BCUT2D eigenvalue weighted by molar-refractivity contribution is 9.09. The third-order valence-corrected chi connectivity index (χ3v) is 3.46. The molecule has 0 aliphatic heterocycles. The summed E-state index contributed by atoms with van der Waals surface area (Å²) < 4.78 is 26.1. The number of hydrogen-bond donors (Lipinski definition) is 1. The Labute approximate surface area is 108 Å². The maximum Gasteiger partial charge on any atom is 0.254 e. The molecule has 0 saturated heterocycles. The van der Waals surface area contributed by atoms with Gasteiger partial charge in [-0.1, -0.05) is 22.9 Å². The Morgan fingerprint density at radius 3 is 2.82 bits per heavy atom. The van der Waals surface area contributed by atoms with Crippen molar-refractivity contribution in [2.45, 2.75) is 24.6 Å². The quantitative estimate of drug-likeness (QED) is 0.831. The molecule has 1 atom stereocenters. The highest BCUT2D eigenvalue weighted by Gasteiger charge is 2.12. The Morgan fingerprint density at radius 1 is 1.47 bits per heavy atom. The summed E-state index contributed by atoms with van der Waals surface area (Å²) in [6.07, 6.45) is 1.70. The Morgan fingerprint density at radius 2 is 2.18 bits per heavy atom. The lowest BCUT2D eigenvalue weighted by molar-refractivity contribution is 0.0948. The first kappa shape index (κ1) is 14.1. The normalized spacial score (nSPS) is 12.2. The van der Waals surface area contributed by atoms with Crippen LogP contribution < -0.4 is 5.32 Å². The van der Waals surface area contributed by atoms with Crippen LogP contribution in [0.25, 0.3) is 0 Å². The van der Waals surface area contributed by atoms with Gasteiger partial charge in [0.1, 0.15) is 11.6 Å². The minimum Gasteiger partial charge on any atom is -0.352 e. The van der Waals surface area contributed by atoms with Crippen molar-refractivity contribution in [3.8, 4) is 0 Å². The molecule has 0 aliphatic carbocycles. The lowest BCUT2D eigenvalue weighted by Crippen LogP contribution is -2.26. The summed E-state index contributed by atoms with van der Waals surface area (Å²) >= 11 is 3.42. The zero-order valence-electron chi connectivity index (χ0n) is 9.47. The van der Waals surface area contributed by atoms with Crippen LogP contribution >= 0.6 is 15.9 Å². The number of alkyl halides is 1. The molecule has 0 saturated carbocycles. The van der Waals surface area contributed by atoms with Crippen molar-refractivity contribution in [3.63, 3.8) is 0 Å². The van der Waals surface area contributed by atoms with Gasteiger partial charge in [-0.05, 0) is 31.0 Å². The van der Waals surface area contributed by atoms with Gasteiger partial charge in [-0.25, -0.2) is 8.78 Å². The molecule has 0 aromatic heterocycles. The molecular weight excluding hydrogens is 292 g/mol. The van der Waals surface area contributed by atoms with Crippen molar-refractivity contribution in [2.24, 2.45) is 0 Å². The maximum atomic E-state index is 13.2. The number of carbonyl (C=O) groups is 1. The number of hydrogen-bond acceptors (Lipinski definition) is 1. The SMILES string of the molecule is CCC(Br)CCNC(=O)c1cc(F)ccc1F. The zero-order chi connectivity index (χ0) is 12.8. The average molecular weight is 306 g/mol. The predicted molar refractivity (Wildman–Crippen MR) is 66.3 cm³/mol. The average Bonchev–Trinajstić information content (AvgIpc) is 2.31. The Kier molecular flexibility index (Phi) is 5.55. The molecule has 94 valence electrons. The molecule has 17 heavy (non-hydrogen) atoms. The molecule has 1 aromatic carbocycles. The fourth-order valence-corrected chi connectivity index (χ4v) is 1.54. The van der Waals surface area contributed by atoms with E-state index in [1.54, 1.807) is 0 Å². The van der Waals surface area contributed by atoms with Crippen LogP contribution in [0.3, 0.4) is 0 Å². The van der Waals surface area contributed by atoms with Crippen LogP contribution in [0.5, 0.6) is 0 Å². The van der Waals surface area contributed by atoms with Crippen molar-refractivity contribution in [2.75, 3.05) is 6.54 Å². The van der Waals surface area contributed by atoms with Crippen molar-refractivity contribution >= 4 is 21.8 Å². The molecule has 0 spiro atoms. The van der Waals surface area contributed by atoms with Crippen LogP contribution in [0, 0.1) is 11.6 Å². The lowest BCUT2D eigenvalue weighted by Gasteiger charge is -2.08. The molecule has 0 radical (unpaired) electrons. The smallest absolute Gasteiger partial charge is 0.254 e. The number of nitrogens with one attached hydrogen (secondary N) is 1. The number of rotatable bonds is 5. The van der Waals surface area contributed by atoms with Gasteiger partial charge in [0.2, 0.25) is 0 Å². The van der Waals surface area contributed by atoms with E-state index in [0.29, 0.717) is 11.4 Å². The lowest BCUT2D eigenvalue weighted by atomic mass is 10.2. The highest BCUT2D eigenvalue weighted by Crippen LogP contribution is 2.10. The molecule has 1 amide bonds. The van der Waals surface area contributed by atoms with Crippen molar-refractivity contribution in [1.82, 2.24) is 5.32 Å². The number of carbonyl (C=O) groups excluding carboxylic acids is 1. The number of halogens is 3. The standard InChI is InChI=1S/C12H14BrF2NO/c1-2-8(13)5-6-16-12(17)10-7-9(14)3-4-11(10)15/h3-4,7-8H,2,5-6H2,1H3,(H,16,17). The van der Waals surface area contributed by atoms with Crippen molar-refractivity contribution in [1.29, 1.82) is 0 Å². The molecular formula is C12H14BrF2NO. The molecule has 0 fully saturated rings. The van der Waals surface area contributed by atoms with Crippen LogP contribution in [-0.2, 0) is 0 Å². The van der Waals surface area contributed by atoms with Crippen LogP contribution in [-0.4, -0.2) is 17.3 Å². The van der Waals surface area contributed by atoms with E-state index in [4.69, 9.17) is 0 Å². The molecule has 1 N–H and O–H groups in total. The number of benzene rings is 1. The van der Waals surface area contributed by atoms with Gasteiger partial charge in [-0.2, -0.15) is 0 Å². The van der Waals surface area contributed by atoms with E-state index in [2.05, 4.69) is 21.2 Å². The summed E-state index contributed by atoms with van der Waals surface area (Å²) in [5.74, 6) is -1.92. The molecule has 1 aromatic rings. The summed E-state index contributed by atoms with van der Waals surface area (Å²) in [6.45, 7) is 2.45. The maximum absolute atomic E-state index is 13.2. The van der Waals surface area contributed by atoms with Crippen LogP contribution in [0.4, 0.5) is 8.78 Å². The molecule has 0 aliphatic rings. The first-order chi connectivity index (χ1) is 8.04. The van der Waals surface area contributed by atoms with Crippen molar-refractivity contribution in [3.05, 3.63) is 35.4 Å². The minimum atomic E-state index is -0.713. The first-order valence-electron chi connectivity index (χ1n) is 5.42. The van der Waals surface area contributed by atoms with Gasteiger partial charge in [0, 0.05) is 11.4 Å². The molecule has 5 heteroatoms. The second-order valence-electron chi connectivity index (χ2n) is 3.67. The van der Waals surface area contributed by atoms with E-state index in [9.17, 15) is 13.6 Å². The van der Waals surface area contributed by atoms with E-state index in [-0.39, 0.29) is 5.56 Å². The second-order valence-corrected chi connectivity index (χ2v) is 4.97.